The van der Waals surface area contributed by atoms with Gasteiger partial charge in [-0.1, -0.05) is 12.1 Å². The van der Waals surface area contributed by atoms with Crippen LogP contribution in [0.4, 0.5) is 11.4 Å². The number of non-ortho nitro benzene ring substituents is 1. The van der Waals surface area contributed by atoms with E-state index in [1.165, 1.54) is 12.1 Å². The molecule has 5 nitrogen and oxygen atoms in total. The minimum atomic E-state index is -0.430. The molecule has 0 aliphatic heterocycles. The monoisotopic (exact) mass is 319 g/mol. The second-order valence-electron chi connectivity index (χ2n) is 3.70. The molecular formula is C13H10BrN3O2. The molecule has 0 bridgehead atoms. The first-order valence-corrected chi connectivity index (χ1v) is 6.24. The summed E-state index contributed by atoms with van der Waals surface area (Å²) in [6, 6.07) is 13.8. The Morgan fingerprint density at radius 3 is 2.47 bits per heavy atom. The summed E-state index contributed by atoms with van der Waals surface area (Å²) in [5.41, 5.74) is 4.58. The number of hydrazone groups is 1. The van der Waals surface area contributed by atoms with E-state index >= 15 is 0 Å². The van der Waals surface area contributed by atoms with Gasteiger partial charge in [0.05, 0.1) is 16.8 Å². The molecule has 0 heterocycles. The quantitative estimate of drug-likeness (QED) is 0.529. The van der Waals surface area contributed by atoms with Crippen molar-refractivity contribution < 1.29 is 4.92 Å². The molecule has 1 N–H and O–H groups in total. The van der Waals surface area contributed by atoms with Crippen molar-refractivity contribution in [3.05, 3.63) is 68.7 Å². The lowest BCUT2D eigenvalue weighted by Gasteiger charge is -2.01. The molecule has 19 heavy (non-hydrogen) atoms. The topological polar surface area (TPSA) is 67.5 Å². The molecule has 96 valence electrons. The van der Waals surface area contributed by atoms with E-state index in [4.69, 9.17) is 0 Å². The summed E-state index contributed by atoms with van der Waals surface area (Å²) in [6.45, 7) is 0. The van der Waals surface area contributed by atoms with Crippen LogP contribution in [0.25, 0.3) is 0 Å². The van der Waals surface area contributed by atoms with Gasteiger partial charge in [-0.3, -0.25) is 15.5 Å². The van der Waals surface area contributed by atoms with Crippen LogP contribution in [0, 0.1) is 10.1 Å². The molecule has 0 fully saturated rings. The molecule has 0 aromatic heterocycles. The van der Waals surface area contributed by atoms with Gasteiger partial charge >= 0.3 is 0 Å². The molecule has 0 radical (unpaired) electrons. The SMILES string of the molecule is O=[N+]([O-])c1ccc(/C=N/Nc2ccccc2Br)cc1. The molecule has 0 saturated carbocycles. The molecule has 0 spiro atoms. The van der Waals surface area contributed by atoms with Crippen molar-refractivity contribution in [3.63, 3.8) is 0 Å². The molecule has 0 atom stereocenters. The zero-order valence-electron chi connectivity index (χ0n) is 9.79. The molecular weight excluding hydrogens is 310 g/mol. The Hall–Kier alpha value is -2.21. The van der Waals surface area contributed by atoms with Gasteiger partial charge in [0.2, 0.25) is 0 Å². The van der Waals surface area contributed by atoms with E-state index in [0.717, 1.165) is 15.7 Å². The van der Waals surface area contributed by atoms with Gasteiger partial charge in [0, 0.05) is 16.6 Å². The summed E-state index contributed by atoms with van der Waals surface area (Å²) in [4.78, 5) is 10.1. The zero-order valence-corrected chi connectivity index (χ0v) is 11.4. The van der Waals surface area contributed by atoms with E-state index < -0.39 is 4.92 Å². The molecule has 0 unspecified atom stereocenters. The first-order chi connectivity index (χ1) is 9.16. The predicted molar refractivity (Wildman–Crippen MR) is 78.5 cm³/mol. The smallest absolute Gasteiger partial charge is 0.269 e. The van der Waals surface area contributed by atoms with Crippen molar-refractivity contribution in [2.45, 2.75) is 0 Å². The molecule has 2 aromatic rings. The Balaban J connectivity index is 2.03. The van der Waals surface area contributed by atoms with Crippen LogP contribution >= 0.6 is 15.9 Å². The number of hydrogen-bond donors (Lipinski definition) is 1. The predicted octanol–water partition coefficient (Wildman–Crippen LogP) is 3.80. The normalized spacial score (nSPS) is 10.6. The van der Waals surface area contributed by atoms with E-state index in [0.29, 0.717) is 0 Å². The van der Waals surface area contributed by atoms with Crippen molar-refractivity contribution in [2.75, 3.05) is 5.43 Å². The summed E-state index contributed by atoms with van der Waals surface area (Å²) in [6.07, 6.45) is 1.60. The Kier molecular flexibility index (Phi) is 4.25. The van der Waals surface area contributed by atoms with Gasteiger partial charge in [-0.2, -0.15) is 5.10 Å². The summed E-state index contributed by atoms with van der Waals surface area (Å²) in [5, 5.41) is 14.6. The number of hydrogen-bond acceptors (Lipinski definition) is 4. The fraction of sp³-hybridized carbons (Fsp3) is 0. The first-order valence-electron chi connectivity index (χ1n) is 5.45. The van der Waals surface area contributed by atoms with Gasteiger partial charge in [-0.25, -0.2) is 0 Å². The summed E-state index contributed by atoms with van der Waals surface area (Å²) < 4.78 is 0.913. The first kappa shape index (κ1) is 13.2. The van der Waals surface area contributed by atoms with Crippen LogP contribution in [0.5, 0.6) is 0 Å². The third-order valence-electron chi connectivity index (χ3n) is 2.38. The van der Waals surface area contributed by atoms with Crippen molar-refractivity contribution in [1.29, 1.82) is 0 Å². The Morgan fingerprint density at radius 1 is 1.16 bits per heavy atom. The average Bonchev–Trinajstić information content (AvgIpc) is 2.41. The number of nitro groups is 1. The summed E-state index contributed by atoms with van der Waals surface area (Å²) in [5.74, 6) is 0. The maximum Gasteiger partial charge on any atom is 0.269 e. The summed E-state index contributed by atoms with van der Waals surface area (Å²) >= 11 is 3.40. The number of anilines is 1. The second-order valence-corrected chi connectivity index (χ2v) is 4.55. The van der Waals surface area contributed by atoms with Crippen molar-refractivity contribution >= 4 is 33.5 Å². The maximum absolute atomic E-state index is 10.5. The van der Waals surface area contributed by atoms with Crippen LogP contribution in [-0.2, 0) is 0 Å². The van der Waals surface area contributed by atoms with Gasteiger partial charge in [0.1, 0.15) is 0 Å². The third-order valence-corrected chi connectivity index (χ3v) is 3.07. The highest BCUT2D eigenvalue weighted by molar-refractivity contribution is 9.10. The molecule has 0 aliphatic carbocycles. The van der Waals surface area contributed by atoms with Gasteiger partial charge in [-0.05, 0) is 45.8 Å². The Labute approximate surface area is 118 Å². The van der Waals surface area contributed by atoms with Gasteiger partial charge in [0.15, 0.2) is 0 Å². The van der Waals surface area contributed by atoms with Crippen LogP contribution in [0.1, 0.15) is 5.56 Å². The average molecular weight is 320 g/mol. The van der Waals surface area contributed by atoms with Crippen molar-refractivity contribution in [3.8, 4) is 0 Å². The number of halogens is 1. The zero-order chi connectivity index (χ0) is 13.7. The lowest BCUT2D eigenvalue weighted by Crippen LogP contribution is -1.92. The minimum absolute atomic E-state index is 0.0657. The minimum Gasteiger partial charge on any atom is -0.277 e. The Morgan fingerprint density at radius 2 is 1.84 bits per heavy atom. The molecule has 2 rings (SSSR count). The van der Waals surface area contributed by atoms with E-state index in [2.05, 4.69) is 26.5 Å². The fourth-order valence-corrected chi connectivity index (χ4v) is 1.78. The van der Waals surface area contributed by atoms with Crippen LogP contribution < -0.4 is 5.43 Å². The van der Waals surface area contributed by atoms with E-state index in [-0.39, 0.29) is 5.69 Å². The van der Waals surface area contributed by atoms with E-state index in [1.54, 1.807) is 18.3 Å². The molecule has 0 saturated heterocycles. The maximum atomic E-state index is 10.5. The second kappa shape index (κ2) is 6.10. The van der Waals surface area contributed by atoms with E-state index in [9.17, 15) is 10.1 Å². The molecule has 0 aliphatic rings. The van der Waals surface area contributed by atoms with Crippen molar-refractivity contribution in [1.82, 2.24) is 0 Å². The lowest BCUT2D eigenvalue weighted by molar-refractivity contribution is -0.384. The fourth-order valence-electron chi connectivity index (χ4n) is 1.41. The highest BCUT2D eigenvalue weighted by Gasteiger charge is 2.02. The summed E-state index contributed by atoms with van der Waals surface area (Å²) in [7, 11) is 0. The molecule has 6 heteroatoms. The van der Waals surface area contributed by atoms with Crippen LogP contribution in [0.3, 0.4) is 0 Å². The van der Waals surface area contributed by atoms with Gasteiger partial charge in [-0.15, -0.1) is 0 Å². The van der Waals surface area contributed by atoms with Crippen LogP contribution in [0.2, 0.25) is 0 Å². The lowest BCUT2D eigenvalue weighted by atomic mass is 10.2. The number of rotatable bonds is 4. The highest BCUT2D eigenvalue weighted by Crippen LogP contribution is 2.20. The molecule has 0 amide bonds. The highest BCUT2D eigenvalue weighted by atomic mass is 79.9. The number of nitro benzene ring substituents is 1. The third kappa shape index (κ3) is 3.62. The molecule has 2 aromatic carbocycles. The van der Waals surface area contributed by atoms with E-state index in [1.807, 2.05) is 24.3 Å². The van der Waals surface area contributed by atoms with Crippen LogP contribution in [-0.4, -0.2) is 11.1 Å². The largest absolute Gasteiger partial charge is 0.277 e. The standard InChI is InChI=1S/C13H10BrN3O2/c14-12-3-1-2-4-13(12)16-15-9-10-5-7-11(8-6-10)17(18)19/h1-9,16H/b15-9+. The number of nitrogens with one attached hydrogen (secondary N) is 1. The Bertz CT molecular complexity index is 612. The van der Waals surface area contributed by atoms with Crippen molar-refractivity contribution in [2.24, 2.45) is 5.10 Å². The van der Waals surface area contributed by atoms with Crippen LogP contribution in [0.15, 0.2) is 58.1 Å². The van der Waals surface area contributed by atoms with Gasteiger partial charge in [0.25, 0.3) is 5.69 Å². The number of nitrogens with zero attached hydrogens (tertiary/aromatic N) is 2. The number of para-hydroxylation sites is 1. The van der Waals surface area contributed by atoms with Gasteiger partial charge < -0.3 is 0 Å². The number of benzene rings is 2.